The molecule has 3 aromatic heterocycles. The Morgan fingerprint density at radius 1 is 1.36 bits per heavy atom. The number of nitrogen functional groups attached to an aromatic ring is 1. The van der Waals surface area contributed by atoms with Gasteiger partial charge in [-0.2, -0.15) is 0 Å². The van der Waals surface area contributed by atoms with Crippen molar-refractivity contribution in [3.05, 3.63) is 35.0 Å². The van der Waals surface area contributed by atoms with E-state index in [9.17, 15) is 4.79 Å². The molecule has 2 N–H and O–H groups in total. The molecule has 1 atom stereocenters. The average Bonchev–Trinajstić information content (AvgIpc) is 3.03. The van der Waals surface area contributed by atoms with Crippen molar-refractivity contribution in [2.45, 2.75) is 22.4 Å². The summed E-state index contributed by atoms with van der Waals surface area (Å²) in [5.41, 5.74) is 7.24. The van der Waals surface area contributed by atoms with Crippen LogP contribution in [0.5, 0.6) is 0 Å². The molecular formula is C16H16N4O2S3. The van der Waals surface area contributed by atoms with E-state index in [1.165, 1.54) is 42.0 Å². The first kappa shape index (κ1) is 18.0. The lowest BCUT2D eigenvalue weighted by atomic mass is 10.1. The topological polar surface area (TPSA) is 91.0 Å². The maximum absolute atomic E-state index is 11.9. The molecule has 130 valence electrons. The van der Waals surface area contributed by atoms with Crippen LogP contribution in [0.15, 0.2) is 33.9 Å². The van der Waals surface area contributed by atoms with Crippen LogP contribution in [0, 0.1) is 0 Å². The fraction of sp³-hybridized carbons (Fsp3) is 0.250. The minimum Gasteiger partial charge on any atom is -0.465 e. The third-order valence-corrected chi connectivity index (χ3v) is 6.05. The van der Waals surface area contributed by atoms with Crippen LogP contribution in [0.4, 0.5) is 5.82 Å². The number of hydrogen-bond acceptors (Lipinski definition) is 9. The summed E-state index contributed by atoms with van der Waals surface area (Å²) in [5.74, 6) is 0.107. The van der Waals surface area contributed by atoms with Crippen molar-refractivity contribution in [2.75, 3.05) is 19.1 Å². The lowest BCUT2D eigenvalue weighted by Crippen LogP contribution is -2.01. The zero-order valence-corrected chi connectivity index (χ0v) is 16.3. The van der Waals surface area contributed by atoms with Gasteiger partial charge in [0.1, 0.15) is 10.8 Å². The van der Waals surface area contributed by atoms with E-state index in [-0.39, 0.29) is 11.2 Å². The number of thioether (sulfide) groups is 2. The second kappa shape index (κ2) is 7.59. The van der Waals surface area contributed by atoms with Crippen molar-refractivity contribution in [3.8, 4) is 0 Å². The smallest absolute Gasteiger partial charge is 0.339 e. The quantitative estimate of drug-likeness (QED) is 0.301. The van der Waals surface area contributed by atoms with Gasteiger partial charge < -0.3 is 10.5 Å². The predicted molar refractivity (Wildman–Crippen MR) is 103 cm³/mol. The standard InChI is InChI=1S/C16H16N4O2S3/c1-8(25-16-19-13(17)5-14(20-16)23-3)11-4-9-10(15(21)22-2)7-24-12(9)6-18-11/h4-8H,1-3H3,(H2,17,19,20). The zero-order chi connectivity index (χ0) is 18.0. The Bertz CT molecular complexity index is 929. The van der Waals surface area contributed by atoms with E-state index in [1.54, 1.807) is 17.6 Å². The van der Waals surface area contributed by atoms with Crippen molar-refractivity contribution in [1.29, 1.82) is 0 Å². The maximum Gasteiger partial charge on any atom is 0.339 e. The number of nitrogens with two attached hydrogens (primary N) is 1. The highest BCUT2D eigenvalue weighted by Crippen LogP contribution is 2.35. The Balaban J connectivity index is 1.90. The monoisotopic (exact) mass is 392 g/mol. The summed E-state index contributed by atoms with van der Waals surface area (Å²) < 4.78 is 5.79. The van der Waals surface area contributed by atoms with Crippen molar-refractivity contribution in [2.24, 2.45) is 0 Å². The number of fused-ring (bicyclic) bond motifs is 1. The third-order valence-electron chi connectivity index (χ3n) is 3.50. The Kier molecular flexibility index (Phi) is 5.45. The van der Waals surface area contributed by atoms with Gasteiger partial charge >= 0.3 is 5.97 Å². The van der Waals surface area contributed by atoms with Crippen molar-refractivity contribution >= 4 is 56.7 Å². The number of ether oxygens (including phenoxy) is 1. The zero-order valence-electron chi connectivity index (χ0n) is 13.8. The van der Waals surface area contributed by atoms with Crippen LogP contribution in [0.3, 0.4) is 0 Å². The van der Waals surface area contributed by atoms with E-state index in [0.717, 1.165) is 20.8 Å². The number of pyridine rings is 1. The van der Waals surface area contributed by atoms with Crippen LogP contribution < -0.4 is 5.73 Å². The molecule has 0 aromatic carbocycles. The molecule has 0 radical (unpaired) electrons. The minimum absolute atomic E-state index is 0.00584. The molecule has 0 aliphatic carbocycles. The average molecular weight is 393 g/mol. The summed E-state index contributed by atoms with van der Waals surface area (Å²) in [4.78, 5) is 25.1. The molecule has 3 rings (SSSR count). The molecule has 0 saturated heterocycles. The van der Waals surface area contributed by atoms with E-state index in [4.69, 9.17) is 10.5 Å². The first-order chi connectivity index (χ1) is 12.0. The Morgan fingerprint density at radius 2 is 2.16 bits per heavy atom. The lowest BCUT2D eigenvalue weighted by Gasteiger charge is -2.11. The molecule has 0 aliphatic heterocycles. The molecule has 6 nitrogen and oxygen atoms in total. The van der Waals surface area contributed by atoms with Crippen LogP contribution in [0.2, 0.25) is 0 Å². The van der Waals surface area contributed by atoms with Crippen LogP contribution in [0.25, 0.3) is 10.1 Å². The van der Waals surface area contributed by atoms with Crippen molar-refractivity contribution in [3.63, 3.8) is 0 Å². The summed E-state index contributed by atoms with van der Waals surface area (Å²) in [5, 5.41) is 4.10. The van der Waals surface area contributed by atoms with Gasteiger partial charge in [0, 0.05) is 23.0 Å². The van der Waals surface area contributed by atoms with Crippen LogP contribution >= 0.6 is 34.9 Å². The summed E-state index contributed by atoms with van der Waals surface area (Å²) in [6.07, 6.45) is 3.73. The van der Waals surface area contributed by atoms with Crippen molar-refractivity contribution < 1.29 is 9.53 Å². The fourth-order valence-electron chi connectivity index (χ4n) is 2.24. The number of nitrogens with zero attached hydrogens (tertiary/aromatic N) is 3. The SMILES string of the molecule is COC(=O)c1csc2cnc(C(C)Sc3nc(N)cc(SC)n3)cc12. The highest BCUT2D eigenvalue weighted by Gasteiger charge is 2.17. The summed E-state index contributed by atoms with van der Waals surface area (Å²) in [6, 6.07) is 3.68. The highest BCUT2D eigenvalue weighted by atomic mass is 32.2. The van der Waals surface area contributed by atoms with E-state index >= 15 is 0 Å². The number of hydrogen-bond donors (Lipinski definition) is 1. The van der Waals surface area contributed by atoms with Crippen LogP contribution in [-0.2, 0) is 4.74 Å². The molecule has 0 aliphatic rings. The first-order valence-corrected chi connectivity index (χ1v) is 10.3. The Hall–Kier alpha value is -1.84. The number of aromatic nitrogens is 3. The molecule has 1 unspecified atom stereocenters. The van der Waals surface area contributed by atoms with Gasteiger partial charge in [0.25, 0.3) is 0 Å². The van der Waals surface area contributed by atoms with Crippen LogP contribution in [-0.4, -0.2) is 34.3 Å². The van der Waals surface area contributed by atoms with Gasteiger partial charge in [0.2, 0.25) is 0 Å². The molecule has 0 saturated carbocycles. The van der Waals surface area contributed by atoms with Crippen molar-refractivity contribution in [1.82, 2.24) is 15.0 Å². The molecule has 0 spiro atoms. The molecule has 0 fully saturated rings. The molecular weight excluding hydrogens is 376 g/mol. The number of methoxy groups -OCH3 is 1. The van der Waals surface area contributed by atoms with Gasteiger partial charge in [0.05, 0.1) is 28.3 Å². The van der Waals surface area contributed by atoms with Gasteiger partial charge in [-0.25, -0.2) is 14.8 Å². The fourth-order valence-corrected chi connectivity index (χ4v) is 4.46. The number of carbonyl (C=O) groups excluding carboxylic acids is 1. The number of rotatable bonds is 5. The molecule has 9 heteroatoms. The molecule has 3 heterocycles. The first-order valence-electron chi connectivity index (χ1n) is 7.32. The molecule has 3 aromatic rings. The molecule has 0 amide bonds. The number of thiophene rings is 1. The van der Waals surface area contributed by atoms with Gasteiger partial charge in [-0.3, -0.25) is 4.98 Å². The maximum atomic E-state index is 11.9. The number of anilines is 1. The largest absolute Gasteiger partial charge is 0.465 e. The third kappa shape index (κ3) is 3.88. The second-order valence-electron chi connectivity index (χ2n) is 5.12. The predicted octanol–water partition coefficient (Wildman–Crippen LogP) is 4.03. The van der Waals surface area contributed by atoms with Gasteiger partial charge in [0.15, 0.2) is 5.16 Å². The summed E-state index contributed by atoms with van der Waals surface area (Å²) >= 11 is 4.48. The lowest BCUT2D eigenvalue weighted by molar-refractivity contribution is 0.0603. The molecule has 0 bridgehead atoms. The normalized spacial score (nSPS) is 12.3. The Morgan fingerprint density at radius 3 is 2.88 bits per heavy atom. The Labute approximate surface area is 157 Å². The highest BCUT2D eigenvalue weighted by molar-refractivity contribution is 7.99. The summed E-state index contributed by atoms with van der Waals surface area (Å²) in [6.45, 7) is 2.02. The van der Waals surface area contributed by atoms with E-state index in [2.05, 4.69) is 15.0 Å². The van der Waals surface area contributed by atoms with E-state index in [1.807, 2.05) is 19.2 Å². The number of carbonyl (C=O) groups is 1. The van der Waals surface area contributed by atoms with Crippen LogP contribution in [0.1, 0.15) is 28.2 Å². The van der Waals surface area contributed by atoms with Gasteiger partial charge in [-0.1, -0.05) is 11.8 Å². The summed E-state index contributed by atoms with van der Waals surface area (Å²) in [7, 11) is 1.38. The second-order valence-corrected chi connectivity index (χ2v) is 8.17. The molecule has 25 heavy (non-hydrogen) atoms. The van der Waals surface area contributed by atoms with E-state index < -0.39 is 0 Å². The number of esters is 1. The van der Waals surface area contributed by atoms with E-state index in [0.29, 0.717) is 16.5 Å². The minimum atomic E-state index is -0.340. The van der Waals surface area contributed by atoms with Gasteiger partial charge in [-0.15, -0.1) is 23.1 Å². The van der Waals surface area contributed by atoms with Gasteiger partial charge in [-0.05, 0) is 19.2 Å².